The summed E-state index contributed by atoms with van der Waals surface area (Å²) in [7, 11) is 0. The number of hydrogen-bond donors (Lipinski definition) is 1. The summed E-state index contributed by atoms with van der Waals surface area (Å²) in [4.78, 5) is 25.0. The van der Waals surface area contributed by atoms with E-state index in [0.29, 0.717) is 6.42 Å². The number of hydrogen-bond acceptors (Lipinski definition) is 3. The van der Waals surface area contributed by atoms with E-state index in [9.17, 15) is 22.8 Å². The number of nitrogens with one attached hydrogen (secondary N) is 1. The van der Waals surface area contributed by atoms with Gasteiger partial charge in [-0.15, -0.1) is 0 Å². The minimum absolute atomic E-state index is 0.0276. The lowest BCUT2D eigenvalue weighted by Gasteiger charge is -2.17. The lowest BCUT2D eigenvalue weighted by Crippen LogP contribution is -2.42. The van der Waals surface area contributed by atoms with Crippen LogP contribution in [0.25, 0.3) is 0 Å². The molecule has 0 saturated carbocycles. The number of imide groups is 1. The molecule has 4 nitrogen and oxygen atoms in total. The topological polar surface area (TPSA) is 49.4 Å². The van der Waals surface area contributed by atoms with Gasteiger partial charge < -0.3 is 0 Å². The molecule has 1 heterocycles. The van der Waals surface area contributed by atoms with Crippen molar-refractivity contribution in [1.29, 1.82) is 0 Å². The summed E-state index contributed by atoms with van der Waals surface area (Å²) in [6, 6.07) is 13.4. The third kappa shape index (κ3) is 4.19. The van der Waals surface area contributed by atoms with Crippen LogP contribution in [-0.4, -0.2) is 22.9 Å². The smallest absolute Gasteiger partial charge is 0.273 e. The Balaban J connectivity index is 1.67. The quantitative estimate of drug-likeness (QED) is 0.825. The number of alkyl halides is 3. The molecule has 2 amide bonds. The van der Waals surface area contributed by atoms with E-state index in [1.807, 2.05) is 30.3 Å². The first kappa shape index (κ1) is 19.1. The van der Waals surface area contributed by atoms with Crippen LogP contribution in [0.1, 0.15) is 34.8 Å². The molecule has 7 heteroatoms. The van der Waals surface area contributed by atoms with Crippen molar-refractivity contribution >= 4 is 11.8 Å². The maximum Gasteiger partial charge on any atom is 0.416 e. The molecule has 0 radical (unpaired) electrons. The molecule has 27 heavy (non-hydrogen) atoms. The molecule has 2 aromatic rings. The molecule has 3 rings (SSSR count). The molecule has 2 atom stereocenters. The molecule has 1 N–H and O–H groups in total. The van der Waals surface area contributed by atoms with Gasteiger partial charge >= 0.3 is 6.18 Å². The van der Waals surface area contributed by atoms with Crippen LogP contribution in [0.2, 0.25) is 0 Å². The van der Waals surface area contributed by atoms with E-state index >= 15 is 0 Å². The van der Waals surface area contributed by atoms with Gasteiger partial charge in [-0.3, -0.25) is 9.59 Å². The van der Waals surface area contributed by atoms with Crippen molar-refractivity contribution < 1.29 is 22.8 Å². The fourth-order valence-electron chi connectivity index (χ4n) is 3.09. The fraction of sp³-hybridized carbons (Fsp3) is 0.300. The van der Waals surface area contributed by atoms with Crippen molar-refractivity contribution in [3.05, 3.63) is 71.3 Å². The van der Waals surface area contributed by atoms with Gasteiger partial charge in [0.1, 0.15) is 0 Å². The number of amides is 2. The van der Waals surface area contributed by atoms with Crippen LogP contribution in [0.3, 0.4) is 0 Å². The van der Waals surface area contributed by atoms with Crippen LogP contribution in [0.15, 0.2) is 54.6 Å². The van der Waals surface area contributed by atoms with Gasteiger partial charge in [0, 0.05) is 11.6 Å². The largest absolute Gasteiger partial charge is 0.416 e. The van der Waals surface area contributed by atoms with Gasteiger partial charge in [-0.2, -0.15) is 13.2 Å². The lowest BCUT2D eigenvalue weighted by atomic mass is 9.97. The highest BCUT2D eigenvalue weighted by Gasteiger charge is 2.40. The summed E-state index contributed by atoms with van der Waals surface area (Å²) in [6.07, 6.45) is -3.06. The number of rotatable bonds is 4. The predicted molar refractivity (Wildman–Crippen MR) is 93.5 cm³/mol. The van der Waals surface area contributed by atoms with Crippen molar-refractivity contribution in [2.24, 2.45) is 5.92 Å². The molecule has 0 spiro atoms. The van der Waals surface area contributed by atoms with Crippen molar-refractivity contribution in [2.45, 2.75) is 32.0 Å². The Bertz CT molecular complexity index is 819. The summed E-state index contributed by atoms with van der Waals surface area (Å²) >= 11 is 0. The van der Waals surface area contributed by atoms with E-state index in [1.54, 1.807) is 6.92 Å². The average molecular weight is 376 g/mol. The minimum Gasteiger partial charge on any atom is -0.273 e. The van der Waals surface area contributed by atoms with Crippen molar-refractivity contribution in [1.82, 2.24) is 10.4 Å². The summed E-state index contributed by atoms with van der Waals surface area (Å²) in [5.74, 6) is -1.42. The van der Waals surface area contributed by atoms with Crippen LogP contribution >= 0.6 is 0 Å². The Labute approximate surface area is 155 Å². The van der Waals surface area contributed by atoms with E-state index in [4.69, 9.17) is 0 Å². The van der Waals surface area contributed by atoms with Gasteiger partial charge in [-0.25, -0.2) is 10.4 Å². The molecule has 2 unspecified atom stereocenters. The van der Waals surface area contributed by atoms with E-state index < -0.39 is 23.6 Å². The zero-order valence-electron chi connectivity index (χ0n) is 14.7. The van der Waals surface area contributed by atoms with Crippen molar-refractivity contribution in [3.8, 4) is 0 Å². The lowest BCUT2D eigenvalue weighted by molar-refractivity contribution is -0.137. The number of hydrazine groups is 1. The standard InChI is InChI=1S/C20H19F3N2O2/c1-13-17(12-7-14-5-3-2-4-6-14)24-25(18(13)26)19(27)15-8-10-16(11-9-15)20(21,22)23/h2-6,8-11,13,17,24H,7,12H2,1H3. The number of carbonyl (C=O) groups excluding carboxylic acids is 2. The second-order valence-electron chi connectivity index (χ2n) is 6.60. The summed E-state index contributed by atoms with van der Waals surface area (Å²) in [6.45, 7) is 1.74. The monoisotopic (exact) mass is 376 g/mol. The molecule has 0 aliphatic carbocycles. The Morgan fingerprint density at radius 1 is 1.07 bits per heavy atom. The zero-order valence-corrected chi connectivity index (χ0v) is 14.7. The Morgan fingerprint density at radius 3 is 2.30 bits per heavy atom. The maximum absolute atomic E-state index is 12.6. The third-order valence-corrected chi connectivity index (χ3v) is 4.76. The van der Waals surface area contributed by atoms with E-state index in [0.717, 1.165) is 41.3 Å². The summed E-state index contributed by atoms with van der Waals surface area (Å²) < 4.78 is 37.9. The highest BCUT2D eigenvalue weighted by molar-refractivity contribution is 6.05. The number of carbonyl (C=O) groups is 2. The van der Waals surface area contributed by atoms with Crippen LogP contribution in [0, 0.1) is 5.92 Å². The normalized spacial score (nSPS) is 20.1. The Kier molecular flexibility index (Phi) is 5.32. The van der Waals surface area contributed by atoms with E-state index in [1.165, 1.54) is 0 Å². The average Bonchev–Trinajstić information content (AvgIpc) is 2.94. The SMILES string of the molecule is CC1C(=O)N(C(=O)c2ccc(C(F)(F)F)cc2)NC1CCc1ccccc1. The van der Waals surface area contributed by atoms with Crippen LogP contribution in [0.5, 0.6) is 0 Å². The van der Waals surface area contributed by atoms with E-state index in [2.05, 4.69) is 5.43 Å². The van der Waals surface area contributed by atoms with Crippen LogP contribution in [0.4, 0.5) is 13.2 Å². The minimum atomic E-state index is -4.47. The molecule has 1 aliphatic heterocycles. The van der Waals surface area contributed by atoms with Gasteiger partial charge in [0.2, 0.25) is 5.91 Å². The highest BCUT2D eigenvalue weighted by atomic mass is 19.4. The van der Waals surface area contributed by atoms with Crippen molar-refractivity contribution in [2.75, 3.05) is 0 Å². The molecule has 2 aromatic carbocycles. The zero-order chi connectivity index (χ0) is 19.6. The molecular weight excluding hydrogens is 357 g/mol. The molecule has 1 fully saturated rings. The molecule has 0 bridgehead atoms. The molecule has 1 aliphatic rings. The number of aryl methyl sites for hydroxylation is 1. The Hall–Kier alpha value is -2.67. The third-order valence-electron chi connectivity index (χ3n) is 4.76. The Morgan fingerprint density at radius 2 is 1.70 bits per heavy atom. The summed E-state index contributed by atoms with van der Waals surface area (Å²) in [5, 5.41) is 0.920. The number of benzene rings is 2. The van der Waals surface area contributed by atoms with Gasteiger partial charge in [-0.05, 0) is 42.7 Å². The van der Waals surface area contributed by atoms with Gasteiger partial charge in [0.25, 0.3) is 5.91 Å². The summed E-state index contributed by atoms with van der Waals surface area (Å²) in [5.41, 5.74) is 3.24. The first-order valence-corrected chi connectivity index (χ1v) is 8.63. The first-order chi connectivity index (χ1) is 12.8. The van der Waals surface area contributed by atoms with Crippen LogP contribution < -0.4 is 5.43 Å². The fourth-order valence-corrected chi connectivity index (χ4v) is 3.09. The van der Waals surface area contributed by atoms with Gasteiger partial charge in [-0.1, -0.05) is 37.3 Å². The second-order valence-corrected chi connectivity index (χ2v) is 6.60. The van der Waals surface area contributed by atoms with E-state index in [-0.39, 0.29) is 17.5 Å². The van der Waals surface area contributed by atoms with Crippen LogP contribution in [-0.2, 0) is 17.4 Å². The van der Waals surface area contributed by atoms with Gasteiger partial charge in [0.05, 0.1) is 11.5 Å². The molecule has 1 saturated heterocycles. The molecule has 142 valence electrons. The highest BCUT2D eigenvalue weighted by Crippen LogP contribution is 2.29. The second kappa shape index (κ2) is 7.52. The number of halogens is 3. The molecule has 0 aromatic heterocycles. The first-order valence-electron chi connectivity index (χ1n) is 8.63. The molecular formula is C20H19F3N2O2. The maximum atomic E-state index is 12.6. The predicted octanol–water partition coefficient (Wildman–Crippen LogP) is 3.83. The van der Waals surface area contributed by atoms with Gasteiger partial charge in [0.15, 0.2) is 0 Å². The number of nitrogens with zero attached hydrogens (tertiary/aromatic N) is 1. The van der Waals surface area contributed by atoms with Crippen molar-refractivity contribution in [3.63, 3.8) is 0 Å².